The molecule has 0 fully saturated rings. The van der Waals surface area contributed by atoms with Crippen LogP contribution in [0.4, 0.5) is 10.1 Å². The van der Waals surface area contributed by atoms with Crippen LogP contribution in [0.2, 0.25) is 5.02 Å². The Balaban J connectivity index is 1.90. The summed E-state index contributed by atoms with van der Waals surface area (Å²) in [6.07, 6.45) is 1.49. The lowest BCUT2D eigenvalue weighted by Crippen LogP contribution is -2.14. The van der Waals surface area contributed by atoms with Crippen molar-refractivity contribution in [2.45, 2.75) is 13.8 Å². The van der Waals surface area contributed by atoms with Crippen molar-refractivity contribution in [2.75, 3.05) is 5.32 Å². The molecule has 1 N–H and O–H groups in total. The molecule has 0 radical (unpaired) electrons. The van der Waals surface area contributed by atoms with Gasteiger partial charge in [0.05, 0.1) is 23.1 Å². The van der Waals surface area contributed by atoms with Crippen LogP contribution >= 0.6 is 11.6 Å². The molecular formula is C18H15ClFN3O. The summed E-state index contributed by atoms with van der Waals surface area (Å²) in [7, 11) is 0. The van der Waals surface area contributed by atoms with Crippen LogP contribution in [0.1, 0.15) is 21.6 Å². The standard InChI is InChI=1S/C18H15ClFN3O/c1-11-6-7-14(20)9-17(11)22-18(24)16-10-21-23(12(16)2)15-5-3-4-13(19)8-15/h3-10H,1-2H3,(H,22,24). The molecule has 0 aliphatic heterocycles. The lowest BCUT2D eigenvalue weighted by Gasteiger charge is -2.09. The number of hydrogen-bond acceptors (Lipinski definition) is 2. The summed E-state index contributed by atoms with van der Waals surface area (Å²) < 4.78 is 15.0. The number of rotatable bonds is 3. The van der Waals surface area contributed by atoms with Crippen molar-refractivity contribution in [3.8, 4) is 5.69 Å². The van der Waals surface area contributed by atoms with E-state index in [2.05, 4.69) is 10.4 Å². The molecule has 0 bridgehead atoms. The number of carbonyl (C=O) groups is 1. The van der Waals surface area contributed by atoms with E-state index in [1.807, 2.05) is 12.1 Å². The first-order valence-electron chi connectivity index (χ1n) is 7.34. The third-order valence-corrected chi connectivity index (χ3v) is 3.99. The van der Waals surface area contributed by atoms with Crippen molar-refractivity contribution in [1.82, 2.24) is 9.78 Å². The molecule has 122 valence electrons. The molecule has 6 heteroatoms. The zero-order chi connectivity index (χ0) is 17.3. The number of halogens is 2. The van der Waals surface area contributed by atoms with Crippen molar-refractivity contribution in [1.29, 1.82) is 0 Å². The van der Waals surface area contributed by atoms with E-state index in [-0.39, 0.29) is 5.91 Å². The highest BCUT2D eigenvalue weighted by atomic mass is 35.5. The average molecular weight is 344 g/mol. The van der Waals surface area contributed by atoms with E-state index >= 15 is 0 Å². The quantitative estimate of drug-likeness (QED) is 0.759. The zero-order valence-electron chi connectivity index (χ0n) is 13.2. The van der Waals surface area contributed by atoms with Gasteiger partial charge in [0.1, 0.15) is 5.82 Å². The second kappa shape index (κ2) is 6.45. The Morgan fingerprint density at radius 3 is 2.75 bits per heavy atom. The summed E-state index contributed by atoms with van der Waals surface area (Å²) in [5, 5.41) is 7.57. The fourth-order valence-corrected chi connectivity index (χ4v) is 2.60. The maximum atomic E-state index is 13.4. The molecule has 0 atom stereocenters. The molecule has 1 heterocycles. The van der Waals surface area contributed by atoms with Crippen LogP contribution in [0.25, 0.3) is 5.69 Å². The summed E-state index contributed by atoms with van der Waals surface area (Å²) in [6.45, 7) is 3.60. The minimum Gasteiger partial charge on any atom is -0.322 e. The first kappa shape index (κ1) is 16.2. The molecule has 1 aromatic heterocycles. The third kappa shape index (κ3) is 3.16. The van der Waals surface area contributed by atoms with Gasteiger partial charge in [0, 0.05) is 10.7 Å². The molecule has 0 saturated carbocycles. The van der Waals surface area contributed by atoms with Gasteiger partial charge in [-0.05, 0) is 49.7 Å². The minimum atomic E-state index is -0.401. The van der Waals surface area contributed by atoms with Gasteiger partial charge in [-0.15, -0.1) is 0 Å². The number of amides is 1. The summed E-state index contributed by atoms with van der Waals surface area (Å²) in [6, 6.07) is 11.5. The molecule has 3 aromatic rings. The van der Waals surface area contributed by atoms with Crippen molar-refractivity contribution in [3.05, 3.63) is 76.3 Å². The van der Waals surface area contributed by atoms with Crippen molar-refractivity contribution < 1.29 is 9.18 Å². The largest absolute Gasteiger partial charge is 0.322 e. The second-order valence-electron chi connectivity index (χ2n) is 5.45. The number of hydrogen-bond donors (Lipinski definition) is 1. The molecule has 0 aliphatic carbocycles. The maximum absolute atomic E-state index is 13.4. The zero-order valence-corrected chi connectivity index (χ0v) is 13.9. The van der Waals surface area contributed by atoms with E-state index < -0.39 is 5.82 Å². The monoisotopic (exact) mass is 343 g/mol. The predicted molar refractivity (Wildman–Crippen MR) is 92.4 cm³/mol. The molecule has 4 nitrogen and oxygen atoms in total. The Kier molecular flexibility index (Phi) is 4.36. The Labute approximate surface area is 143 Å². The first-order chi connectivity index (χ1) is 11.5. The Morgan fingerprint density at radius 2 is 2.00 bits per heavy atom. The topological polar surface area (TPSA) is 46.9 Å². The van der Waals surface area contributed by atoms with E-state index in [1.54, 1.807) is 36.7 Å². The molecule has 0 aliphatic rings. The lowest BCUT2D eigenvalue weighted by atomic mass is 10.1. The predicted octanol–water partition coefficient (Wildman–Crippen LogP) is 4.53. The van der Waals surface area contributed by atoms with Gasteiger partial charge in [0.25, 0.3) is 5.91 Å². The molecule has 0 spiro atoms. The van der Waals surface area contributed by atoms with Gasteiger partial charge in [-0.3, -0.25) is 4.79 Å². The normalized spacial score (nSPS) is 10.7. The first-order valence-corrected chi connectivity index (χ1v) is 7.71. The van der Waals surface area contributed by atoms with Crippen LogP contribution in [-0.2, 0) is 0 Å². The van der Waals surface area contributed by atoms with Crippen LogP contribution in [0.15, 0.2) is 48.7 Å². The fourth-order valence-electron chi connectivity index (χ4n) is 2.42. The van der Waals surface area contributed by atoms with Gasteiger partial charge < -0.3 is 5.32 Å². The van der Waals surface area contributed by atoms with Gasteiger partial charge in [-0.2, -0.15) is 5.10 Å². The average Bonchev–Trinajstić information content (AvgIpc) is 2.92. The Hall–Kier alpha value is -2.66. The van der Waals surface area contributed by atoms with E-state index in [4.69, 9.17) is 11.6 Å². The highest BCUT2D eigenvalue weighted by Crippen LogP contribution is 2.20. The van der Waals surface area contributed by atoms with E-state index in [1.165, 1.54) is 18.3 Å². The Bertz CT molecular complexity index is 920. The molecular weight excluding hydrogens is 329 g/mol. The molecule has 0 saturated heterocycles. The number of anilines is 1. The fraction of sp³-hybridized carbons (Fsp3) is 0.111. The van der Waals surface area contributed by atoms with Crippen LogP contribution in [0.5, 0.6) is 0 Å². The summed E-state index contributed by atoms with van der Waals surface area (Å²) >= 11 is 6.00. The van der Waals surface area contributed by atoms with E-state index in [0.717, 1.165) is 11.3 Å². The maximum Gasteiger partial charge on any atom is 0.259 e. The second-order valence-corrected chi connectivity index (χ2v) is 5.89. The van der Waals surface area contributed by atoms with Crippen LogP contribution in [-0.4, -0.2) is 15.7 Å². The summed E-state index contributed by atoms with van der Waals surface area (Å²) in [5.74, 6) is -0.739. The highest BCUT2D eigenvalue weighted by Gasteiger charge is 2.16. The number of carbonyl (C=O) groups excluding carboxylic acids is 1. The van der Waals surface area contributed by atoms with Crippen LogP contribution in [0, 0.1) is 19.7 Å². The summed E-state index contributed by atoms with van der Waals surface area (Å²) in [5.41, 5.74) is 3.07. The molecule has 1 amide bonds. The number of aromatic nitrogens is 2. The number of nitrogens with zero attached hydrogens (tertiary/aromatic N) is 2. The van der Waals surface area contributed by atoms with Crippen molar-refractivity contribution >= 4 is 23.2 Å². The van der Waals surface area contributed by atoms with Crippen molar-refractivity contribution in [3.63, 3.8) is 0 Å². The summed E-state index contributed by atoms with van der Waals surface area (Å²) in [4.78, 5) is 12.5. The smallest absolute Gasteiger partial charge is 0.259 e. The molecule has 0 unspecified atom stereocenters. The number of nitrogens with one attached hydrogen (secondary N) is 1. The van der Waals surface area contributed by atoms with Gasteiger partial charge in [0.2, 0.25) is 0 Å². The number of benzene rings is 2. The van der Waals surface area contributed by atoms with Gasteiger partial charge in [0.15, 0.2) is 0 Å². The third-order valence-electron chi connectivity index (χ3n) is 3.76. The van der Waals surface area contributed by atoms with Gasteiger partial charge in [-0.25, -0.2) is 9.07 Å². The highest BCUT2D eigenvalue weighted by molar-refractivity contribution is 6.30. The van der Waals surface area contributed by atoms with Gasteiger partial charge in [-0.1, -0.05) is 23.7 Å². The Morgan fingerprint density at radius 1 is 1.21 bits per heavy atom. The van der Waals surface area contributed by atoms with Crippen molar-refractivity contribution in [2.24, 2.45) is 0 Å². The molecule has 3 rings (SSSR count). The van der Waals surface area contributed by atoms with E-state index in [0.29, 0.717) is 22.0 Å². The lowest BCUT2D eigenvalue weighted by molar-refractivity contribution is 0.102. The number of aryl methyl sites for hydroxylation is 1. The molecule has 24 heavy (non-hydrogen) atoms. The van der Waals surface area contributed by atoms with E-state index in [9.17, 15) is 9.18 Å². The van der Waals surface area contributed by atoms with Crippen LogP contribution < -0.4 is 5.32 Å². The minimum absolute atomic E-state index is 0.338. The van der Waals surface area contributed by atoms with Crippen LogP contribution in [0.3, 0.4) is 0 Å². The molecule has 2 aromatic carbocycles. The van der Waals surface area contributed by atoms with Gasteiger partial charge >= 0.3 is 0 Å². The SMILES string of the molecule is Cc1ccc(F)cc1NC(=O)c1cnn(-c2cccc(Cl)c2)c1C.